The Labute approximate surface area is 138 Å². The lowest BCUT2D eigenvalue weighted by Crippen LogP contribution is -2.36. The van der Waals surface area contributed by atoms with Gasteiger partial charge in [0.2, 0.25) is 11.8 Å². The fourth-order valence-corrected chi connectivity index (χ4v) is 2.70. The Hall–Kier alpha value is -2.31. The summed E-state index contributed by atoms with van der Waals surface area (Å²) < 4.78 is 39.1. The van der Waals surface area contributed by atoms with Gasteiger partial charge >= 0.3 is 6.18 Å². The molecule has 1 unspecified atom stereocenters. The van der Waals surface area contributed by atoms with Crippen LogP contribution in [0, 0.1) is 0 Å². The standard InChI is InChI=1S/C17H19F3N2O2/c1-2-3-8-15(23)21-13-9-16(24)22(11-13)10-12-6-4-5-7-14(12)17(18,19)20/h2,4-7,13H,1,3,8-11H2,(H,21,23). The number of likely N-dealkylation sites (tertiary alicyclic amines) is 1. The Morgan fingerprint density at radius 2 is 2.08 bits per heavy atom. The van der Waals surface area contributed by atoms with Crippen molar-refractivity contribution in [3.05, 3.63) is 48.0 Å². The Morgan fingerprint density at radius 3 is 2.75 bits per heavy atom. The summed E-state index contributed by atoms with van der Waals surface area (Å²) in [6.07, 6.45) is -1.91. The highest BCUT2D eigenvalue weighted by Gasteiger charge is 2.35. The van der Waals surface area contributed by atoms with Gasteiger partial charge in [0, 0.05) is 25.9 Å². The molecule has 2 amide bonds. The van der Waals surface area contributed by atoms with Gasteiger partial charge in [0.1, 0.15) is 0 Å². The van der Waals surface area contributed by atoms with Gasteiger partial charge in [-0.15, -0.1) is 6.58 Å². The van der Waals surface area contributed by atoms with Gasteiger partial charge in [0.05, 0.1) is 11.6 Å². The van der Waals surface area contributed by atoms with E-state index in [9.17, 15) is 22.8 Å². The zero-order valence-electron chi connectivity index (χ0n) is 13.1. The molecule has 1 fully saturated rings. The number of nitrogens with zero attached hydrogens (tertiary/aromatic N) is 1. The van der Waals surface area contributed by atoms with E-state index in [1.807, 2.05) is 0 Å². The summed E-state index contributed by atoms with van der Waals surface area (Å²) in [7, 11) is 0. The van der Waals surface area contributed by atoms with Gasteiger partial charge in [0.15, 0.2) is 0 Å². The van der Waals surface area contributed by atoms with Gasteiger partial charge in [-0.2, -0.15) is 13.2 Å². The molecule has 7 heteroatoms. The third kappa shape index (κ3) is 4.59. The minimum Gasteiger partial charge on any atom is -0.351 e. The summed E-state index contributed by atoms with van der Waals surface area (Å²) in [4.78, 5) is 25.1. The van der Waals surface area contributed by atoms with Crippen molar-refractivity contribution in [2.75, 3.05) is 6.54 Å². The Bertz CT molecular complexity index is 629. The monoisotopic (exact) mass is 340 g/mol. The van der Waals surface area contributed by atoms with Crippen molar-refractivity contribution in [3.8, 4) is 0 Å². The highest BCUT2D eigenvalue weighted by molar-refractivity contribution is 5.82. The first-order valence-electron chi connectivity index (χ1n) is 7.64. The first kappa shape index (κ1) is 18.0. The summed E-state index contributed by atoms with van der Waals surface area (Å²) in [5.41, 5.74) is -0.687. The molecule has 24 heavy (non-hydrogen) atoms. The third-order valence-corrected chi connectivity index (χ3v) is 3.84. The number of hydrogen-bond donors (Lipinski definition) is 1. The van der Waals surface area contributed by atoms with E-state index < -0.39 is 11.7 Å². The van der Waals surface area contributed by atoms with Gasteiger partial charge in [-0.3, -0.25) is 9.59 Å². The molecular formula is C17H19F3N2O2. The first-order valence-corrected chi connectivity index (χ1v) is 7.64. The average Bonchev–Trinajstić information content (AvgIpc) is 2.84. The Morgan fingerprint density at radius 1 is 1.38 bits per heavy atom. The van der Waals surface area contributed by atoms with Crippen LogP contribution in [0.15, 0.2) is 36.9 Å². The molecule has 130 valence electrons. The average molecular weight is 340 g/mol. The molecule has 1 saturated heterocycles. The molecule has 4 nitrogen and oxygen atoms in total. The van der Waals surface area contributed by atoms with Crippen LogP contribution in [0.2, 0.25) is 0 Å². The van der Waals surface area contributed by atoms with Crippen molar-refractivity contribution >= 4 is 11.8 Å². The second-order valence-corrected chi connectivity index (χ2v) is 5.73. The van der Waals surface area contributed by atoms with Crippen LogP contribution < -0.4 is 5.32 Å². The fourth-order valence-electron chi connectivity index (χ4n) is 2.70. The van der Waals surface area contributed by atoms with Crippen molar-refractivity contribution in [2.45, 2.75) is 38.0 Å². The maximum Gasteiger partial charge on any atom is 0.416 e. The largest absolute Gasteiger partial charge is 0.416 e. The van der Waals surface area contributed by atoms with E-state index in [-0.39, 0.29) is 49.4 Å². The van der Waals surface area contributed by atoms with E-state index in [0.717, 1.165) is 6.07 Å². The number of benzene rings is 1. The van der Waals surface area contributed by atoms with E-state index in [0.29, 0.717) is 6.42 Å². The van der Waals surface area contributed by atoms with Crippen LogP contribution in [0.1, 0.15) is 30.4 Å². The van der Waals surface area contributed by atoms with E-state index in [2.05, 4.69) is 11.9 Å². The van der Waals surface area contributed by atoms with Crippen molar-refractivity contribution in [1.29, 1.82) is 0 Å². The molecule has 1 N–H and O–H groups in total. The number of carbonyl (C=O) groups excluding carboxylic acids is 2. The van der Waals surface area contributed by atoms with E-state index in [1.54, 1.807) is 6.08 Å². The van der Waals surface area contributed by atoms with Gasteiger partial charge < -0.3 is 10.2 Å². The van der Waals surface area contributed by atoms with Crippen molar-refractivity contribution in [1.82, 2.24) is 10.2 Å². The zero-order valence-corrected chi connectivity index (χ0v) is 13.1. The van der Waals surface area contributed by atoms with Gasteiger partial charge in [-0.05, 0) is 18.1 Å². The van der Waals surface area contributed by atoms with Crippen LogP contribution in [0.4, 0.5) is 13.2 Å². The van der Waals surface area contributed by atoms with Crippen molar-refractivity contribution in [2.24, 2.45) is 0 Å². The molecule has 1 aromatic carbocycles. The molecule has 0 aromatic heterocycles. The molecule has 1 aliphatic heterocycles. The topological polar surface area (TPSA) is 49.4 Å². The van der Waals surface area contributed by atoms with Crippen LogP contribution in [0.3, 0.4) is 0 Å². The van der Waals surface area contributed by atoms with E-state index >= 15 is 0 Å². The Kier molecular flexibility index (Phi) is 5.64. The minimum absolute atomic E-state index is 0.0528. The number of alkyl halides is 3. The van der Waals surface area contributed by atoms with Crippen LogP contribution in [0.25, 0.3) is 0 Å². The number of allylic oxidation sites excluding steroid dienone is 1. The molecule has 1 atom stereocenters. The number of halogens is 3. The third-order valence-electron chi connectivity index (χ3n) is 3.84. The molecular weight excluding hydrogens is 321 g/mol. The van der Waals surface area contributed by atoms with E-state index in [1.165, 1.54) is 23.1 Å². The summed E-state index contributed by atoms with van der Waals surface area (Å²) in [6.45, 7) is 3.62. The van der Waals surface area contributed by atoms with Crippen molar-refractivity contribution in [3.63, 3.8) is 0 Å². The van der Waals surface area contributed by atoms with Gasteiger partial charge in [0.25, 0.3) is 0 Å². The second-order valence-electron chi connectivity index (χ2n) is 5.73. The van der Waals surface area contributed by atoms with Crippen LogP contribution in [-0.2, 0) is 22.3 Å². The molecule has 0 aliphatic carbocycles. The lowest BCUT2D eigenvalue weighted by Gasteiger charge is -2.20. The number of carbonyl (C=O) groups is 2. The van der Waals surface area contributed by atoms with E-state index in [4.69, 9.17) is 0 Å². The summed E-state index contributed by atoms with van der Waals surface area (Å²) in [5.74, 6) is -0.453. The summed E-state index contributed by atoms with van der Waals surface area (Å²) in [5, 5.41) is 2.73. The lowest BCUT2D eigenvalue weighted by molar-refractivity contribution is -0.139. The maximum atomic E-state index is 13.0. The SMILES string of the molecule is C=CCCC(=O)NC1CC(=O)N(Cc2ccccc2C(F)(F)F)C1. The number of nitrogens with one attached hydrogen (secondary N) is 1. The maximum absolute atomic E-state index is 13.0. The number of amides is 2. The van der Waals surface area contributed by atoms with Gasteiger partial charge in [-0.25, -0.2) is 0 Å². The summed E-state index contributed by atoms with van der Waals surface area (Å²) >= 11 is 0. The van der Waals surface area contributed by atoms with Crippen LogP contribution in [0.5, 0.6) is 0 Å². The van der Waals surface area contributed by atoms with Crippen LogP contribution in [-0.4, -0.2) is 29.3 Å². The predicted molar refractivity (Wildman–Crippen MR) is 82.8 cm³/mol. The molecule has 1 aliphatic rings. The number of rotatable bonds is 6. The molecule has 2 rings (SSSR count). The highest BCUT2D eigenvalue weighted by atomic mass is 19.4. The Balaban J connectivity index is 2.01. The zero-order chi connectivity index (χ0) is 17.7. The van der Waals surface area contributed by atoms with Crippen molar-refractivity contribution < 1.29 is 22.8 Å². The first-order chi connectivity index (χ1) is 11.3. The number of hydrogen-bond acceptors (Lipinski definition) is 2. The second kappa shape index (κ2) is 7.51. The molecule has 0 bridgehead atoms. The quantitative estimate of drug-likeness (QED) is 0.810. The minimum atomic E-state index is -4.46. The van der Waals surface area contributed by atoms with Gasteiger partial charge in [-0.1, -0.05) is 24.3 Å². The predicted octanol–water partition coefficient (Wildman–Crippen LogP) is 2.89. The highest BCUT2D eigenvalue weighted by Crippen LogP contribution is 2.32. The molecule has 0 saturated carbocycles. The smallest absolute Gasteiger partial charge is 0.351 e. The molecule has 0 spiro atoms. The fraction of sp³-hybridized carbons (Fsp3) is 0.412. The molecule has 1 heterocycles. The normalized spacial score (nSPS) is 17.9. The molecule has 1 aromatic rings. The lowest BCUT2D eigenvalue weighted by atomic mass is 10.1. The summed E-state index contributed by atoms with van der Waals surface area (Å²) in [6, 6.07) is 4.84. The van der Waals surface area contributed by atoms with Crippen LogP contribution >= 0.6 is 0 Å². The molecule has 0 radical (unpaired) electrons.